The van der Waals surface area contributed by atoms with E-state index >= 15 is 0 Å². The number of carbonyl (C=O) groups excluding carboxylic acids is 2. The van der Waals surface area contributed by atoms with Crippen molar-refractivity contribution in [1.82, 2.24) is 5.32 Å². The highest BCUT2D eigenvalue weighted by Crippen LogP contribution is 2.47. The van der Waals surface area contributed by atoms with Gasteiger partial charge in [0, 0.05) is 29.6 Å². The summed E-state index contributed by atoms with van der Waals surface area (Å²) in [6, 6.07) is 5.74. The van der Waals surface area contributed by atoms with Gasteiger partial charge in [-0.25, -0.2) is 0 Å². The summed E-state index contributed by atoms with van der Waals surface area (Å²) >= 11 is 0. The number of hydrogen-bond acceptors (Lipinski definition) is 5. The van der Waals surface area contributed by atoms with E-state index in [0.717, 1.165) is 42.8 Å². The fourth-order valence-corrected chi connectivity index (χ4v) is 4.74. The lowest BCUT2D eigenvalue weighted by Crippen LogP contribution is -2.47. The summed E-state index contributed by atoms with van der Waals surface area (Å²) in [6.07, 6.45) is 5.40. The smallest absolute Gasteiger partial charge is 0.227 e. The Morgan fingerprint density at radius 1 is 1.17 bits per heavy atom. The first-order valence-corrected chi connectivity index (χ1v) is 11.2. The normalized spacial score (nSPS) is 29.9. The molecule has 0 unspecified atom stereocenters. The van der Waals surface area contributed by atoms with E-state index in [1.165, 1.54) is 12.8 Å². The third-order valence-electron chi connectivity index (χ3n) is 6.94. The van der Waals surface area contributed by atoms with Crippen LogP contribution in [-0.4, -0.2) is 48.4 Å². The number of carbonyl (C=O) groups is 2. The van der Waals surface area contributed by atoms with Crippen molar-refractivity contribution in [3.8, 4) is 5.75 Å². The van der Waals surface area contributed by atoms with Gasteiger partial charge in [-0.1, -0.05) is 6.42 Å². The highest BCUT2D eigenvalue weighted by Gasteiger charge is 2.46. The van der Waals surface area contributed by atoms with E-state index in [9.17, 15) is 14.7 Å². The maximum atomic E-state index is 12.3. The van der Waals surface area contributed by atoms with Crippen molar-refractivity contribution in [3.63, 3.8) is 0 Å². The predicted octanol–water partition coefficient (Wildman–Crippen LogP) is 2.34. The zero-order valence-electron chi connectivity index (χ0n) is 17.1. The van der Waals surface area contributed by atoms with E-state index in [-0.39, 0.29) is 42.5 Å². The number of amides is 2. The van der Waals surface area contributed by atoms with Crippen LogP contribution in [0, 0.1) is 11.8 Å². The third-order valence-corrected chi connectivity index (χ3v) is 6.94. The number of fused-ring (bicyclic) bond motifs is 3. The number of ether oxygens (including phenoxy) is 2. The lowest BCUT2D eigenvalue weighted by Gasteiger charge is -2.37. The molecule has 162 valence electrons. The van der Waals surface area contributed by atoms with Crippen LogP contribution in [-0.2, 0) is 14.3 Å². The van der Waals surface area contributed by atoms with Gasteiger partial charge < -0.3 is 25.2 Å². The molecule has 5 rings (SSSR count). The fourth-order valence-electron chi connectivity index (χ4n) is 4.74. The first-order valence-electron chi connectivity index (χ1n) is 11.2. The molecule has 7 heteroatoms. The Morgan fingerprint density at radius 2 is 2.00 bits per heavy atom. The Bertz CT molecular complexity index is 820. The summed E-state index contributed by atoms with van der Waals surface area (Å²) in [4.78, 5) is 24.6. The van der Waals surface area contributed by atoms with Crippen molar-refractivity contribution in [2.45, 2.75) is 69.2 Å². The van der Waals surface area contributed by atoms with Gasteiger partial charge in [0.25, 0.3) is 0 Å². The second-order valence-electron chi connectivity index (χ2n) is 9.23. The molecule has 4 atom stereocenters. The van der Waals surface area contributed by atoms with Gasteiger partial charge in [-0.05, 0) is 56.2 Å². The molecule has 2 aliphatic carbocycles. The predicted molar refractivity (Wildman–Crippen MR) is 110 cm³/mol. The fraction of sp³-hybridized carbons (Fsp3) is 0.652. The minimum atomic E-state index is -0.467. The summed E-state index contributed by atoms with van der Waals surface area (Å²) in [5, 5.41) is 15.9. The minimum absolute atomic E-state index is 0.00249. The minimum Gasteiger partial charge on any atom is -0.487 e. The summed E-state index contributed by atoms with van der Waals surface area (Å²) < 4.78 is 12.1. The molecule has 30 heavy (non-hydrogen) atoms. The lowest BCUT2D eigenvalue weighted by molar-refractivity contribution is -0.142. The molecule has 1 saturated heterocycles. The van der Waals surface area contributed by atoms with E-state index in [1.807, 2.05) is 18.2 Å². The van der Waals surface area contributed by atoms with Crippen LogP contribution in [0.15, 0.2) is 18.2 Å². The van der Waals surface area contributed by atoms with E-state index < -0.39 is 6.10 Å². The number of nitrogens with one attached hydrogen (secondary N) is 2. The van der Waals surface area contributed by atoms with Crippen molar-refractivity contribution in [3.05, 3.63) is 23.8 Å². The maximum absolute atomic E-state index is 12.3. The standard InChI is InChI=1S/C23H30N2O5/c26-12-20-22-18(9-16(29-20)10-21(27)24-11-13-4-5-13)17-8-15(6-7-19(17)30-22)25-23(28)14-2-1-3-14/h6-8,13-14,16,18,20,22,26H,1-5,9-12H2,(H,24,27)(H,25,28)/t16-,18-,20-,22+/m0/s1. The first kappa shape index (κ1) is 19.8. The van der Waals surface area contributed by atoms with Crippen molar-refractivity contribution < 1.29 is 24.2 Å². The van der Waals surface area contributed by atoms with E-state index in [2.05, 4.69) is 10.6 Å². The molecule has 2 amide bonds. The molecule has 3 N–H and O–H groups in total. The average Bonchev–Trinajstić information content (AvgIpc) is 3.45. The molecule has 1 aromatic carbocycles. The van der Waals surface area contributed by atoms with Crippen molar-refractivity contribution >= 4 is 17.5 Å². The van der Waals surface area contributed by atoms with E-state index in [0.29, 0.717) is 18.8 Å². The Morgan fingerprint density at radius 3 is 2.70 bits per heavy atom. The summed E-state index contributed by atoms with van der Waals surface area (Å²) in [5.41, 5.74) is 1.80. The molecule has 1 aromatic rings. The van der Waals surface area contributed by atoms with Gasteiger partial charge in [-0.2, -0.15) is 0 Å². The van der Waals surface area contributed by atoms with Crippen LogP contribution in [0.2, 0.25) is 0 Å². The molecule has 0 radical (unpaired) electrons. The number of anilines is 1. The Balaban J connectivity index is 1.27. The average molecular weight is 415 g/mol. The number of aliphatic hydroxyl groups is 1. The van der Waals surface area contributed by atoms with Crippen LogP contribution in [0.3, 0.4) is 0 Å². The second kappa shape index (κ2) is 8.19. The molecule has 2 heterocycles. The quantitative estimate of drug-likeness (QED) is 0.636. The van der Waals surface area contributed by atoms with Crippen LogP contribution in [0.4, 0.5) is 5.69 Å². The molecule has 7 nitrogen and oxygen atoms in total. The van der Waals surface area contributed by atoms with Crippen LogP contribution < -0.4 is 15.4 Å². The van der Waals surface area contributed by atoms with Crippen LogP contribution in [0.1, 0.15) is 56.4 Å². The van der Waals surface area contributed by atoms with Gasteiger partial charge in [0.2, 0.25) is 11.8 Å². The van der Waals surface area contributed by atoms with Gasteiger partial charge >= 0.3 is 0 Å². The van der Waals surface area contributed by atoms with Gasteiger partial charge in [0.05, 0.1) is 19.1 Å². The highest BCUT2D eigenvalue weighted by molar-refractivity contribution is 5.93. The number of aliphatic hydroxyl groups excluding tert-OH is 1. The molecular weight excluding hydrogens is 384 g/mol. The van der Waals surface area contributed by atoms with Crippen molar-refractivity contribution in [2.75, 3.05) is 18.5 Å². The van der Waals surface area contributed by atoms with E-state index in [4.69, 9.17) is 9.47 Å². The Kier molecular flexibility index (Phi) is 5.41. The van der Waals surface area contributed by atoms with Crippen molar-refractivity contribution in [2.24, 2.45) is 11.8 Å². The number of hydrogen-bond donors (Lipinski definition) is 3. The molecular formula is C23H30N2O5. The van der Waals surface area contributed by atoms with Gasteiger partial charge in [-0.3, -0.25) is 9.59 Å². The molecule has 0 aromatic heterocycles. The van der Waals surface area contributed by atoms with Gasteiger partial charge in [-0.15, -0.1) is 0 Å². The van der Waals surface area contributed by atoms with Crippen LogP contribution in [0.25, 0.3) is 0 Å². The van der Waals surface area contributed by atoms with Gasteiger partial charge in [0.1, 0.15) is 18.0 Å². The molecule has 0 spiro atoms. The SMILES string of the molecule is O=C(C[C@@H]1C[C@H]2c3cc(NC(=O)C4CCC4)ccc3O[C@H]2[C@H](CO)O1)NCC1CC1. The lowest BCUT2D eigenvalue weighted by atomic mass is 9.83. The maximum Gasteiger partial charge on any atom is 0.227 e. The van der Waals surface area contributed by atoms with Crippen molar-refractivity contribution in [1.29, 1.82) is 0 Å². The summed E-state index contributed by atoms with van der Waals surface area (Å²) in [6.45, 7) is 0.595. The molecule has 4 aliphatic rings. The molecule has 3 fully saturated rings. The zero-order valence-corrected chi connectivity index (χ0v) is 17.1. The largest absolute Gasteiger partial charge is 0.487 e. The Labute approximate surface area is 176 Å². The van der Waals surface area contributed by atoms with Crippen LogP contribution >= 0.6 is 0 Å². The first-order chi connectivity index (χ1) is 14.6. The topological polar surface area (TPSA) is 96.9 Å². The highest BCUT2D eigenvalue weighted by atomic mass is 16.6. The summed E-state index contributed by atoms with van der Waals surface area (Å²) in [7, 11) is 0. The van der Waals surface area contributed by atoms with E-state index in [1.54, 1.807) is 0 Å². The third kappa shape index (κ3) is 4.05. The zero-order chi connectivity index (χ0) is 20.7. The summed E-state index contributed by atoms with van der Waals surface area (Å²) in [5.74, 6) is 1.66. The van der Waals surface area contributed by atoms with Crippen LogP contribution in [0.5, 0.6) is 5.75 Å². The number of rotatable bonds is 7. The molecule has 0 bridgehead atoms. The second-order valence-corrected chi connectivity index (χ2v) is 9.23. The Hall–Kier alpha value is -2.12. The monoisotopic (exact) mass is 414 g/mol. The molecule has 2 saturated carbocycles. The molecule has 2 aliphatic heterocycles. The van der Waals surface area contributed by atoms with Gasteiger partial charge in [0.15, 0.2) is 0 Å². The number of benzene rings is 1.